The fraction of sp³-hybridized carbons (Fsp3) is 0.133. The second kappa shape index (κ2) is 5.91. The van der Waals surface area contributed by atoms with Crippen LogP contribution in [0.1, 0.15) is 11.3 Å². The predicted octanol–water partition coefficient (Wildman–Crippen LogP) is 1.94. The molecule has 0 saturated heterocycles. The molecular weight excluding hydrogens is 238 g/mol. The molecular formula is C15H17N3O. The van der Waals surface area contributed by atoms with E-state index < -0.39 is 0 Å². The number of rotatable bonds is 4. The zero-order valence-electron chi connectivity index (χ0n) is 10.8. The Labute approximate surface area is 112 Å². The maximum Gasteiger partial charge on any atom is 0.244 e. The van der Waals surface area contributed by atoms with Gasteiger partial charge in [0, 0.05) is 30.7 Å². The van der Waals surface area contributed by atoms with E-state index >= 15 is 0 Å². The highest BCUT2D eigenvalue weighted by Gasteiger charge is 1.99. The number of carbonyl (C=O) groups is 1. The van der Waals surface area contributed by atoms with Crippen LogP contribution in [0.2, 0.25) is 0 Å². The molecule has 0 aliphatic carbocycles. The normalized spacial score (nSPS) is 10.8. The summed E-state index contributed by atoms with van der Waals surface area (Å²) >= 11 is 0. The number of aryl methyl sites for hydroxylation is 1. The number of nitrogens with one attached hydrogen (secondary N) is 1. The SMILES string of the molecule is Cn1cccc1CNC(=O)/C=C/c1cccc(N)c1. The van der Waals surface area contributed by atoms with Crippen LogP contribution >= 0.6 is 0 Å². The van der Waals surface area contributed by atoms with Crippen LogP contribution in [0.25, 0.3) is 6.08 Å². The Morgan fingerprint density at radius 1 is 1.37 bits per heavy atom. The Balaban J connectivity index is 1.89. The minimum absolute atomic E-state index is 0.122. The van der Waals surface area contributed by atoms with E-state index in [-0.39, 0.29) is 5.91 Å². The first-order valence-corrected chi connectivity index (χ1v) is 6.07. The van der Waals surface area contributed by atoms with Gasteiger partial charge >= 0.3 is 0 Å². The van der Waals surface area contributed by atoms with Gasteiger partial charge < -0.3 is 15.6 Å². The molecule has 98 valence electrons. The molecule has 0 bridgehead atoms. The van der Waals surface area contributed by atoms with Crippen molar-refractivity contribution in [3.8, 4) is 0 Å². The molecule has 4 heteroatoms. The standard InChI is InChI=1S/C15H17N3O/c1-18-9-3-6-14(18)11-17-15(19)8-7-12-4-2-5-13(16)10-12/h2-10H,11,16H2,1H3,(H,17,19)/b8-7+. The Morgan fingerprint density at radius 2 is 2.21 bits per heavy atom. The zero-order chi connectivity index (χ0) is 13.7. The summed E-state index contributed by atoms with van der Waals surface area (Å²) in [6, 6.07) is 11.3. The summed E-state index contributed by atoms with van der Waals surface area (Å²) in [6.45, 7) is 0.517. The molecule has 19 heavy (non-hydrogen) atoms. The quantitative estimate of drug-likeness (QED) is 0.648. The molecule has 0 atom stereocenters. The van der Waals surface area contributed by atoms with Crippen LogP contribution in [-0.4, -0.2) is 10.5 Å². The van der Waals surface area contributed by atoms with E-state index in [0.29, 0.717) is 12.2 Å². The van der Waals surface area contributed by atoms with Crippen molar-refractivity contribution in [3.63, 3.8) is 0 Å². The molecule has 0 fully saturated rings. The van der Waals surface area contributed by atoms with Crippen molar-refractivity contribution in [2.75, 3.05) is 5.73 Å². The number of carbonyl (C=O) groups excluding carboxylic acids is 1. The van der Waals surface area contributed by atoms with Crippen molar-refractivity contribution in [1.82, 2.24) is 9.88 Å². The summed E-state index contributed by atoms with van der Waals surface area (Å²) in [5.41, 5.74) is 8.33. The number of aromatic nitrogens is 1. The van der Waals surface area contributed by atoms with Crippen molar-refractivity contribution in [2.45, 2.75) is 6.54 Å². The second-order valence-electron chi connectivity index (χ2n) is 4.33. The first-order chi connectivity index (χ1) is 9.15. The molecule has 0 aliphatic rings. The van der Waals surface area contributed by atoms with Crippen LogP contribution in [0, 0.1) is 0 Å². The fourth-order valence-corrected chi connectivity index (χ4v) is 1.75. The van der Waals surface area contributed by atoms with Crippen molar-refractivity contribution in [3.05, 3.63) is 59.9 Å². The van der Waals surface area contributed by atoms with Crippen LogP contribution in [-0.2, 0) is 18.4 Å². The zero-order valence-corrected chi connectivity index (χ0v) is 10.8. The van der Waals surface area contributed by atoms with Crippen LogP contribution in [0.4, 0.5) is 5.69 Å². The van der Waals surface area contributed by atoms with Gasteiger partial charge in [-0.3, -0.25) is 4.79 Å². The fourth-order valence-electron chi connectivity index (χ4n) is 1.75. The van der Waals surface area contributed by atoms with Gasteiger partial charge in [-0.1, -0.05) is 12.1 Å². The van der Waals surface area contributed by atoms with Gasteiger partial charge in [0.1, 0.15) is 0 Å². The van der Waals surface area contributed by atoms with Gasteiger partial charge in [0.25, 0.3) is 0 Å². The summed E-state index contributed by atoms with van der Waals surface area (Å²) in [7, 11) is 1.95. The lowest BCUT2D eigenvalue weighted by atomic mass is 10.2. The molecule has 1 aromatic heterocycles. The van der Waals surface area contributed by atoms with E-state index in [1.165, 1.54) is 6.08 Å². The maximum absolute atomic E-state index is 11.7. The number of anilines is 1. The molecule has 1 amide bonds. The van der Waals surface area contributed by atoms with Gasteiger partial charge in [0.05, 0.1) is 6.54 Å². The van der Waals surface area contributed by atoms with Crippen molar-refractivity contribution in [1.29, 1.82) is 0 Å². The molecule has 3 N–H and O–H groups in total. The van der Waals surface area contributed by atoms with Crippen molar-refractivity contribution < 1.29 is 4.79 Å². The molecule has 4 nitrogen and oxygen atoms in total. The highest BCUT2D eigenvalue weighted by molar-refractivity contribution is 5.91. The van der Waals surface area contributed by atoms with Gasteiger partial charge in [0.15, 0.2) is 0 Å². The van der Waals surface area contributed by atoms with E-state index in [4.69, 9.17) is 5.73 Å². The molecule has 0 unspecified atom stereocenters. The van der Waals surface area contributed by atoms with E-state index in [9.17, 15) is 4.79 Å². The monoisotopic (exact) mass is 255 g/mol. The minimum Gasteiger partial charge on any atom is -0.399 e. The molecule has 0 saturated carbocycles. The van der Waals surface area contributed by atoms with Gasteiger partial charge in [-0.15, -0.1) is 0 Å². The van der Waals surface area contributed by atoms with Crippen LogP contribution < -0.4 is 11.1 Å². The molecule has 0 radical (unpaired) electrons. The minimum atomic E-state index is -0.122. The molecule has 2 rings (SSSR count). The number of amides is 1. The van der Waals surface area contributed by atoms with Crippen LogP contribution in [0.3, 0.4) is 0 Å². The number of hydrogen-bond acceptors (Lipinski definition) is 2. The summed E-state index contributed by atoms with van der Waals surface area (Å²) in [5, 5.41) is 2.83. The summed E-state index contributed by atoms with van der Waals surface area (Å²) in [6.07, 6.45) is 5.21. The van der Waals surface area contributed by atoms with E-state index in [0.717, 1.165) is 11.3 Å². The molecule has 1 heterocycles. The number of benzene rings is 1. The van der Waals surface area contributed by atoms with Gasteiger partial charge in [-0.05, 0) is 35.9 Å². The number of hydrogen-bond donors (Lipinski definition) is 2. The number of nitrogens with zero attached hydrogens (tertiary/aromatic N) is 1. The van der Waals surface area contributed by atoms with E-state index in [2.05, 4.69) is 5.32 Å². The lowest BCUT2D eigenvalue weighted by Gasteiger charge is -2.03. The highest BCUT2D eigenvalue weighted by Crippen LogP contribution is 2.07. The Bertz CT molecular complexity index is 599. The van der Waals surface area contributed by atoms with Gasteiger partial charge in [0.2, 0.25) is 5.91 Å². The predicted molar refractivity (Wildman–Crippen MR) is 77.1 cm³/mol. The van der Waals surface area contributed by atoms with Crippen LogP contribution in [0.5, 0.6) is 0 Å². The van der Waals surface area contributed by atoms with Gasteiger partial charge in [-0.2, -0.15) is 0 Å². The highest BCUT2D eigenvalue weighted by atomic mass is 16.1. The Kier molecular flexibility index (Phi) is 4.03. The first-order valence-electron chi connectivity index (χ1n) is 6.07. The third-order valence-electron chi connectivity index (χ3n) is 2.83. The first kappa shape index (κ1) is 13.0. The Morgan fingerprint density at radius 3 is 2.89 bits per heavy atom. The lowest BCUT2D eigenvalue weighted by Crippen LogP contribution is -2.21. The van der Waals surface area contributed by atoms with Crippen molar-refractivity contribution >= 4 is 17.7 Å². The number of nitrogens with two attached hydrogens (primary N) is 1. The molecule has 1 aromatic carbocycles. The van der Waals surface area contributed by atoms with E-state index in [1.807, 2.05) is 54.2 Å². The van der Waals surface area contributed by atoms with E-state index in [1.54, 1.807) is 6.08 Å². The molecule has 0 spiro atoms. The summed E-state index contributed by atoms with van der Waals surface area (Å²) in [4.78, 5) is 11.7. The lowest BCUT2D eigenvalue weighted by molar-refractivity contribution is -0.116. The topological polar surface area (TPSA) is 60.0 Å². The third-order valence-corrected chi connectivity index (χ3v) is 2.83. The average Bonchev–Trinajstić information content (AvgIpc) is 2.80. The second-order valence-corrected chi connectivity index (χ2v) is 4.33. The van der Waals surface area contributed by atoms with Gasteiger partial charge in [-0.25, -0.2) is 0 Å². The number of nitrogen functional groups attached to an aromatic ring is 1. The van der Waals surface area contributed by atoms with Crippen molar-refractivity contribution in [2.24, 2.45) is 7.05 Å². The molecule has 0 aliphatic heterocycles. The summed E-state index contributed by atoms with van der Waals surface area (Å²) < 4.78 is 1.97. The smallest absolute Gasteiger partial charge is 0.244 e. The summed E-state index contributed by atoms with van der Waals surface area (Å²) in [5.74, 6) is -0.122. The third kappa shape index (κ3) is 3.74. The van der Waals surface area contributed by atoms with Crippen LogP contribution in [0.15, 0.2) is 48.7 Å². The maximum atomic E-state index is 11.7. The largest absolute Gasteiger partial charge is 0.399 e. The molecule has 2 aromatic rings. The average molecular weight is 255 g/mol. The Hall–Kier alpha value is -2.49.